The minimum absolute atomic E-state index is 0.0718. The predicted octanol–water partition coefficient (Wildman–Crippen LogP) is 2.19. The Morgan fingerprint density at radius 1 is 1.30 bits per heavy atom. The van der Waals surface area contributed by atoms with Crippen molar-refractivity contribution in [3.8, 4) is 0 Å². The van der Waals surface area contributed by atoms with Crippen molar-refractivity contribution in [2.45, 2.75) is 12.5 Å². The van der Waals surface area contributed by atoms with Gasteiger partial charge in [0.05, 0.1) is 16.7 Å². The lowest BCUT2D eigenvalue weighted by molar-refractivity contribution is -0.124. The first kappa shape index (κ1) is 19.7. The van der Waals surface area contributed by atoms with Gasteiger partial charge in [-0.15, -0.1) is 0 Å². The molecule has 1 N–H and O–H groups in total. The van der Waals surface area contributed by atoms with E-state index in [0.717, 1.165) is 27.6 Å². The molecule has 0 saturated carbocycles. The van der Waals surface area contributed by atoms with E-state index in [1.54, 1.807) is 30.3 Å². The molecule has 0 unspecified atom stereocenters. The van der Waals surface area contributed by atoms with Crippen LogP contribution in [-0.4, -0.2) is 48.7 Å². The Morgan fingerprint density at radius 3 is 2.63 bits per heavy atom. The molecule has 142 valence electrons. The van der Waals surface area contributed by atoms with Crippen molar-refractivity contribution in [1.29, 1.82) is 0 Å². The maximum atomic E-state index is 12.4. The second kappa shape index (κ2) is 7.87. The molecule has 27 heavy (non-hydrogen) atoms. The lowest BCUT2D eigenvalue weighted by Crippen LogP contribution is -2.38. The monoisotopic (exact) mass is 426 g/mol. The Morgan fingerprint density at radius 2 is 2.00 bits per heavy atom. The van der Waals surface area contributed by atoms with Crippen molar-refractivity contribution >= 4 is 56.3 Å². The summed E-state index contributed by atoms with van der Waals surface area (Å²) in [7, 11) is -3.26. The molecule has 1 fully saturated rings. The second-order valence-electron chi connectivity index (χ2n) is 5.97. The molecule has 1 atom stereocenters. The molecule has 2 aliphatic heterocycles. The molecule has 0 aromatic heterocycles. The number of halogens is 1. The fraction of sp³-hybridized carbons (Fsp3) is 0.235. The summed E-state index contributed by atoms with van der Waals surface area (Å²) in [6.45, 7) is -0.0718. The van der Waals surface area contributed by atoms with Crippen LogP contribution in [0.15, 0.2) is 40.7 Å². The molecular weight excluding hydrogens is 412 g/mol. The molecule has 1 aromatic carbocycles. The first-order valence-corrected chi connectivity index (χ1v) is 10.9. The molecule has 2 aliphatic rings. The van der Waals surface area contributed by atoms with Gasteiger partial charge in [0.25, 0.3) is 11.1 Å². The number of sulfone groups is 1. The quantitative estimate of drug-likeness (QED) is 0.724. The number of hydrogen-bond donors (Lipinski definition) is 1. The van der Waals surface area contributed by atoms with Crippen molar-refractivity contribution in [3.05, 3.63) is 51.2 Å². The topological polar surface area (TPSA) is 101 Å². The number of thioether (sulfide) groups is 1. The normalized spacial score (nSPS) is 22.6. The fourth-order valence-electron chi connectivity index (χ4n) is 2.56. The van der Waals surface area contributed by atoms with Crippen LogP contribution in [0.25, 0.3) is 6.08 Å². The Kier molecular flexibility index (Phi) is 5.73. The molecule has 3 amide bonds. The van der Waals surface area contributed by atoms with Gasteiger partial charge in [-0.05, 0) is 41.6 Å². The largest absolute Gasteiger partial charge is 0.349 e. The highest BCUT2D eigenvalue weighted by atomic mass is 35.5. The van der Waals surface area contributed by atoms with E-state index in [2.05, 4.69) is 5.32 Å². The van der Waals surface area contributed by atoms with E-state index in [0.29, 0.717) is 5.02 Å². The predicted molar refractivity (Wildman–Crippen MR) is 104 cm³/mol. The van der Waals surface area contributed by atoms with E-state index in [9.17, 15) is 22.8 Å². The van der Waals surface area contributed by atoms with E-state index in [1.165, 1.54) is 6.08 Å². The number of carbonyl (C=O) groups excluding carboxylic acids is 3. The molecule has 1 saturated heterocycles. The summed E-state index contributed by atoms with van der Waals surface area (Å²) in [6, 6.07) is 6.24. The van der Waals surface area contributed by atoms with Crippen LogP contribution in [0.2, 0.25) is 5.02 Å². The van der Waals surface area contributed by atoms with Crippen LogP contribution in [0.5, 0.6) is 0 Å². The molecule has 7 nitrogen and oxygen atoms in total. The molecule has 2 heterocycles. The summed E-state index contributed by atoms with van der Waals surface area (Å²) >= 11 is 6.63. The van der Waals surface area contributed by atoms with Gasteiger partial charge >= 0.3 is 0 Å². The Labute approximate surface area is 165 Å². The molecule has 0 bridgehead atoms. The minimum Gasteiger partial charge on any atom is -0.349 e. The van der Waals surface area contributed by atoms with Crippen LogP contribution < -0.4 is 5.32 Å². The SMILES string of the molecule is O=C(CCN1C(=O)S/C(=C/c2ccc(Cl)cc2)C1=O)N[C@H]1C=CS(=O)(=O)C1. The number of amides is 3. The first-order chi connectivity index (χ1) is 12.7. The molecule has 0 radical (unpaired) electrons. The zero-order chi connectivity index (χ0) is 19.6. The maximum absolute atomic E-state index is 12.4. The number of nitrogens with zero attached hydrogens (tertiary/aromatic N) is 1. The molecular formula is C17H15ClN2O5S2. The molecule has 1 aromatic rings. The van der Waals surface area contributed by atoms with Gasteiger partial charge in [0.1, 0.15) is 0 Å². The third-order valence-electron chi connectivity index (χ3n) is 3.88. The van der Waals surface area contributed by atoms with Gasteiger partial charge in [-0.3, -0.25) is 19.3 Å². The number of benzene rings is 1. The average Bonchev–Trinajstić information content (AvgIpc) is 3.07. The zero-order valence-corrected chi connectivity index (χ0v) is 16.3. The van der Waals surface area contributed by atoms with Gasteiger partial charge in [0.15, 0.2) is 9.84 Å². The van der Waals surface area contributed by atoms with E-state index >= 15 is 0 Å². The standard InChI is InChI=1S/C17H15ClN2O5S2/c18-12-3-1-11(2-4-12)9-14-16(22)20(17(23)26-14)7-5-15(21)19-13-6-8-27(24,25)10-13/h1-4,6,8-9,13H,5,7,10H2,(H,19,21)/b14-9+/t13-/m0/s1. The number of imide groups is 1. The zero-order valence-electron chi connectivity index (χ0n) is 13.9. The highest BCUT2D eigenvalue weighted by Gasteiger charge is 2.35. The minimum atomic E-state index is -3.26. The fourth-order valence-corrected chi connectivity index (χ4v) is 4.79. The molecule has 0 aliphatic carbocycles. The van der Waals surface area contributed by atoms with Crippen molar-refractivity contribution < 1.29 is 22.8 Å². The Hall–Kier alpha value is -2.10. The maximum Gasteiger partial charge on any atom is 0.293 e. The lowest BCUT2D eigenvalue weighted by Gasteiger charge is -2.14. The summed E-state index contributed by atoms with van der Waals surface area (Å²) in [5.41, 5.74) is 0.733. The highest BCUT2D eigenvalue weighted by molar-refractivity contribution is 8.18. The summed E-state index contributed by atoms with van der Waals surface area (Å²) in [5, 5.41) is 3.74. The van der Waals surface area contributed by atoms with Crippen molar-refractivity contribution in [2.75, 3.05) is 12.3 Å². The van der Waals surface area contributed by atoms with E-state index in [4.69, 9.17) is 11.6 Å². The number of nitrogens with one attached hydrogen (secondary N) is 1. The van der Waals surface area contributed by atoms with Gasteiger partial charge in [0, 0.05) is 23.4 Å². The molecule has 3 rings (SSSR count). The smallest absolute Gasteiger partial charge is 0.293 e. The summed E-state index contributed by atoms with van der Waals surface area (Å²) in [5.74, 6) is -1.07. The van der Waals surface area contributed by atoms with Crippen LogP contribution in [0.4, 0.5) is 4.79 Å². The number of rotatable bonds is 5. The first-order valence-electron chi connectivity index (χ1n) is 7.95. The van der Waals surface area contributed by atoms with Gasteiger partial charge in [0.2, 0.25) is 5.91 Å². The van der Waals surface area contributed by atoms with E-state index < -0.39 is 32.9 Å². The number of hydrogen-bond acceptors (Lipinski definition) is 6. The van der Waals surface area contributed by atoms with Gasteiger partial charge < -0.3 is 5.32 Å². The lowest BCUT2D eigenvalue weighted by atomic mass is 10.2. The van der Waals surface area contributed by atoms with E-state index in [1.807, 2.05) is 0 Å². The van der Waals surface area contributed by atoms with Crippen LogP contribution in [0.3, 0.4) is 0 Å². The van der Waals surface area contributed by atoms with Crippen LogP contribution in [-0.2, 0) is 19.4 Å². The van der Waals surface area contributed by atoms with Crippen molar-refractivity contribution in [2.24, 2.45) is 0 Å². The summed E-state index contributed by atoms with van der Waals surface area (Å²) < 4.78 is 22.7. The van der Waals surface area contributed by atoms with Crippen LogP contribution >= 0.6 is 23.4 Å². The summed E-state index contributed by atoms with van der Waals surface area (Å²) in [6.07, 6.45) is 2.90. The van der Waals surface area contributed by atoms with Gasteiger partial charge in [-0.1, -0.05) is 23.7 Å². The average molecular weight is 427 g/mol. The van der Waals surface area contributed by atoms with Gasteiger partial charge in [-0.2, -0.15) is 0 Å². The van der Waals surface area contributed by atoms with Crippen LogP contribution in [0.1, 0.15) is 12.0 Å². The Balaban J connectivity index is 1.57. The van der Waals surface area contributed by atoms with Crippen molar-refractivity contribution in [3.63, 3.8) is 0 Å². The number of carbonyl (C=O) groups is 3. The molecule has 0 spiro atoms. The van der Waals surface area contributed by atoms with Gasteiger partial charge in [-0.25, -0.2) is 8.42 Å². The third kappa shape index (κ3) is 5.00. The highest BCUT2D eigenvalue weighted by Crippen LogP contribution is 2.32. The van der Waals surface area contributed by atoms with Crippen molar-refractivity contribution in [1.82, 2.24) is 10.2 Å². The second-order valence-corrected chi connectivity index (χ2v) is 9.33. The van der Waals surface area contributed by atoms with E-state index in [-0.39, 0.29) is 23.6 Å². The Bertz CT molecular complexity index is 954. The summed E-state index contributed by atoms with van der Waals surface area (Å²) in [4.78, 5) is 37.7. The van der Waals surface area contributed by atoms with Crippen LogP contribution in [0, 0.1) is 0 Å². The third-order valence-corrected chi connectivity index (χ3v) is 6.44. The molecule has 10 heteroatoms.